The number of nitrogens with zero attached hydrogens (tertiary/aromatic N) is 1. The molecule has 1 aromatic rings. The van der Waals surface area contributed by atoms with Crippen molar-refractivity contribution >= 4 is 11.3 Å². The molecule has 0 unspecified atom stereocenters. The SMILES string of the molecule is OCc1sc(C2CC2)nc1C1CC1. The van der Waals surface area contributed by atoms with Crippen LogP contribution in [0.25, 0.3) is 0 Å². The van der Waals surface area contributed by atoms with Gasteiger partial charge in [-0.15, -0.1) is 11.3 Å². The third-order valence-corrected chi connectivity index (χ3v) is 4.00. The molecular weight excluding hydrogens is 182 g/mol. The van der Waals surface area contributed by atoms with Gasteiger partial charge in [-0.3, -0.25) is 0 Å². The van der Waals surface area contributed by atoms with Crippen molar-refractivity contribution < 1.29 is 5.11 Å². The van der Waals surface area contributed by atoms with Crippen molar-refractivity contribution in [3.63, 3.8) is 0 Å². The smallest absolute Gasteiger partial charge is 0.0963 e. The summed E-state index contributed by atoms with van der Waals surface area (Å²) in [7, 11) is 0. The van der Waals surface area contributed by atoms with Crippen molar-refractivity contribution in [3.05, 3.63) is 15.6 Å². The van der Waals surface area contributed by atoms with Crippen molar-refractivity contribution in [1.82, 2.24) is 4.98 Å². The molecule has 0 aromatic carbocycles. The number of hydrogen-bond acceptors (Lipinski definition) is 3. The van der Waals surface area contributed by atoms with Crippen LogP contribution in [0.5, 0.6) is 0 Å². The van der Waals surface area contributed by atoms with Gasteiger partial charge >= 0.3 is 0 Å². The molecule has 0 spiro atoms. The Balaban J connectivity index is 1.95. The van der Waals surface area contributed by atoms with E-state index in [4.69, 9.17) is 0 Å². The lowest BCUT2D eigenvalue weighted by Gasteiger charge is -1.92. The quantitative estimate of drug-likeness (QED) is 0.803. The molecule has 0 amide bonds. The lowest BCUT2D eigenvalue weighted by molar-refractivity contribution is 0.284. The van der Waals surface area contributed by atoms with E-state index in [1.165, 1.54) is 36.4 Å². The zero-order valence-corrected chi connectivity index (χ0v) is 8.31. The predicted octanol–water partition coefficient (Wildman–Crippen LogP) is 2.39. The molecule has 0 saturated heterocycles. The van der Waals surface area contributed by atoms with E-state index >= 15 is 0 Å². The van der Waals surface area contributed by atoms with Crippen LogP contribution >= 0.6 is 11.3 Å². The van der Waals surface area contributed by atoms with Gasteiger partial charge in [0.2, 0.25) is 0 Å². The lowest BCUT2D eigenvalue weighted by atomic mass is 10.2. The zero-order valence-electron chi connectivity index (χ0n) is 7.49. The van der Waals surface area contributed by atoms with Crippen LogP contribution in [0.3, 0.4) is 0 Å². The number of aliphatic hydroxyl groups excluding tert-OH is 1. The molecular formula is C10H13NOS. The highest BCUT2D eigenvalue weighted by Gasteiger charge is 2.33. The molecule has 0 aliphatic heterocycles. The van der Waals surface area contributed by atoms with Gasteiger partial charge in [-0.2, -0.15) is 0 Å². The monoisotopic (exact) mass is 195 g/mol. The minimum absolute atomic E-state index is 0.191. The summed E-state index contributed by atoms with van der Waals surface area (Å²) in [6.07, 6.45) is 5.17. The second-order valence-electron chi connectivity index (χ2n) is 4.07. The third-order valence-electron chi connectivity index (χ3n) is 2.78. The van der Waals surface area contributed by atoms with Gasteiger partial charge in [0.1, 0.15) is 0 Å². The van der Waals surface area contributed by atoms with E-state index in [1.807, 2.05) is 0 Å². The van der Waals surface area contributed by atoms with Crippen LogP contribution < -0.4 is 0 Å². The van der Waals surface area contributed by atoms with E-state index < -0.39 is 0 Å². The number of thiazole rings is 1. The third kappa shape index (κ3) is 1.40. The summed E-state index contributed by atoms with van der Waals surface area (Å²) in [4.78, 5) is 5.79. The van der Waals surface area contributed by atoms with Crippen molar-refractivity contribution in [2.75, 3.05) is 0 Å². The molecule has 3 heteroatoms. The van der Waals surface area contributed by atoms with Crippen LogP contribution in [-0.2, 0) is 6.61 Å². The van der Waals surface area contributed by atoms with Gasteiger partial charge in [-0.25, -0.2) is 4.98 Å². The Bertz CT molecular complexity index is 326. The fraction of sp³-hybridized carbons (Fsp3) is 0.700. The lowest BCUT2D eigenvalue weighted by Crippen LogP contribution is -1.87. The van der Waals surface area contributed by atoms with Crippen LogP contribution in [-0.4, -0.2) is 10.1 Å². The van der Waals surface area contributed by atoms with E-state index in [0.717, 1.165) is 10.8 Å². The van der Waals surface area contributed by atoms with Crippen molar-refractivity contribution in [1.29, 1.82) is 0 Å². The minimum Gasteiger partial charge on any atom is -0.391 e. The molecule has 0 radical (unpaired) electrons. The van der Waals surface area contributed by atoms with E-state index in [0.29, 0.717) is 5.92 Å². The summed E-state index contributed by atoms with van der Waals surface area (Å²) in [5.74, 6) is 1.42. The van der Waals surface area contributed by atoms with Crippen molar-refractivity contribution in [3.8, 4) is 0 Å². The molecule has 2 saturated carbocycles. The first-order chi connectivity index (χ1) is 6.38. The van der Waals surface area contributed by atoms with Gasteiger partial charge in [0.05, 0.1) is 22.2 Å². The number of rotatable bonds is 3. The first kappa shape index (κ1) is 7.94. The summed E-state index contributed by atoms with van der Waals surface area (Å²) >= 11 is 1.74. The maximum atomic E-state index is 9.18. The molecule has 1 N–H and O–H groups in total. The van der Waals surface area contributed by atoms with Crippen LogP contribution in [0.15, 0.2) is 0 Å². The molecule has 13 heavy (non-hydrogen) atoms. The minimum atomic E-state index is 0.191. The van der Waals surface area contributed by atoms with Gasteiger partial charge in [-0.05, 0) is 25.7 Å². The second kappa shape index (κ2) is 2.79. The Kier molecular flexibility index (Phi) is 1.70. The Hall–Kier alpha value is -0.410. The Morgan fingerprint density at radius 3 is 2.46 bits per heavy atom. The average molecular weight is 195 g/mol. The predicted molar refractivity (Wildman–Crippen MR) is 52.0 cm³/mol. The van der Waals surface area contributed by atoms with Crippen LogP contribution in [0.1, 0.15) is 53.1 Å². The van der Waals surface area contributed by atoms with Gasteiger partial charge < -0.3 is 5.11 Å². The molecule has 0 atom stereocenters. The van der Waals surface area contributed by atoms with E-state index in [-0.39, 0.29) is 6.61 Å². The fourth-order valence-corrected chi connectivity index (χ4v) is 2.86. The first-order valence-electron chi connectivity index (χ1n) is 4.99. The normalized spacial score (nSPS) is 22.2. The molecule has 2 aliphatic carbocycles. The molecule has 1 heterocycles. The van der Waals surface area contributed by atoms with Crippen LogP contribution in [0.2, 0.25) is 0 Å². The molecule has 2 fully saturated rings. The number of hydrogen-bond donors (Lipinski definition) is 1. The zero-order chi connectivity index (χ0) is 8.84. The summed E-state index contributed by atoms with van der Waals surface area (Å²) in [5.41, 5.74) is 1.22. The van der Waals surface area contributed by atoms with E-state index in [9.17, 15) is 5.11 Å². The number of aromatic nitrogens is 1. The Morgan fingerprint density at radius 1 is 1.23 bits per heavy atom. The molecule has 0 bridgehead atoms. The molecule has 1 aromatic heterocycles. The second-order valence-corrected chi connectivity index (χ2v) is 5.18. The molecule has 3 rings (SSSR count). The van der Waals surface area contributed by atoms with E-state index in [2.05, 4.69) is 4.98 Å². The summed E-state index contributed by atoms with van der Waals surface area (Å²) < 4.78 is 0. The van der Waals surface area contributed by atoms with Crippen molar-refractivity contribution in [2.24, 2.45) is 0 Å². The average Bonchev–Trinajstić information content (AvgIpc) is 3.02. The van der Waals surface area contributed by atoms with Crippen molar-refractivity contribution in [2.45, 2.75) is 44.1 Å². The van der Waals surface area contributed by atoms with Crippen LogP contribution in [0, 0.1) is 0 Å². The Morgan fingerprint density at radius 2 is 1.92 bits per heavy atom. The number of aliphatic hydroxyl groups is 1. The molecule has 70 valence electrons. The molecule has 2 aliphatic rings. The highest BCUT2D eigenvalue weighted by molar-refractivity contribution is 7.11. The van der Waals surface area contributed by atoms with Gasteiger partial charge in [-0.1, -0.05) is 0 Å². The summed E-state index contributed by atoms with van der Waals surface area (Å²) in [6.45, 7) is 0.191. The van der Waals surface area contributed by atoms with Gasteiger partial charge in [0.15, 0.2) is 0 Å². The topological polar surface area (TPSA) is 33.1 Å². The Labute approximate surface area is 81.6 Å². The van der Waals surface area contributed by atoms with E-state index in [1.54, 1.807) is 11.3 Å². The maximum absolute atomic E-state index is 9.18. The van der Waals surface area contributed by atoms with Crippen LogP contribution in [0.4, 0.5) is 0 Å². The van der Waals surface area contributed by atoms with Gasteiger partial charge in [0.25, 0.3) is 0 Å². The highest BCUT2D eigenvalue weighted by atomic mass is 32.1. The largest absolute Gasteiger partial charge is 0.391 e. The first-order valence-corrected chi connectivity index (χ1v) is 5.80. The maximum Gasteiger partial charge on any atom is 0.0963 e. The van der Waals surface area contributed by atoms with Gasteiger partial charge in [0, 0.05) is 11.8 Å². The fourth-order valence-electron chi connectivity index (χ4n) is 1.68. The molecule has 2 nitrogen and oxygen atoms in total. The highest BCUT2D eigenvalue weighted by Crippen LogP contribution is 2.47. The summed E-state index contributed by atoms with van der Waals surface area (Å²) in [6, 6.07) is 0. The standard InChI is InChI=1S/C10H13NOS/c12-5-8-9(6-1-2-6)11-10(13-8)7-3-4-7/h6-7,12H,1-5H2. The summed E-state index contributed by atoms with van der Waals surface area (Å²) in [5, 5.41) is 10.5.